The summed E-state index contributed by atoms with van der Waals surface area (Å²) in [7, 11) is 1.65. The minimum atomic E-state index is -0.00201. The summed E-state index contributed by atoms with van der Waals surface area (Å²) < 4.78 is 5.12. The van der Waals surface area contributed by atoms with Gasteiger partial charge in [-0.25, -0.2) is 0 Å². The predicted octanol–water partition coefficient (Wildman–Crippen LogP) is 3.59. The number of pyridine rings is 1. The second-order valence-corrected chi connectivity index (χ2v) is 5.06. The van der Waals surface area contributed by atoms with E-state index in [1.807, 2.05) is 36.4 Å². The number of thioether (sulfide) groups is 1. The Bertz CT molecular complexity index is 567. The Hall–Kier alpha value is -1.81. The topological polar surface area (TPSA) is 39.2 Å². The largest absolute Gasteiger partial charge is 0.497 e. The Kier molecular flexibility index (Phi) is 4.58. The first-order valence-electron chi connectivity index (χ1n) is 5.92. The van der Waals surface area contributed by atoms with Crippen molar-refractivity contribution in [2.45, 2.75) is 17.6 Å². The van der Waals surface area contributed by atoms with Crippen LogP contribution < -0.4 is 4.74 Å². The number of hydrogen-bond donors (Lipinski definition) is 0. The maximum Gasteiger partial charge on any atom is 0.179 e. The smallest absolute Gasteiger partial charge is 0.179 e. The van der Waals surface area contributed by atoms with Crippen LogP contribution >= 0.6 is 11.8 Å². The van der Waals surface area contributed by atoms with Crippen LogP contribution in [0.15, 0.2) is 47.5 Å². The number of carbonyl (C=O) groups is 1. The van der Waals surface area contributed by atoms with Crippen LogP contribution in [0.2, 0.25) is 0 Å². The van der Waals surface area contributed by atoms with E-state index in [0.717, 1.165) is 16.4 Å². The molecular formula is C15H15NO2S. The monoisotopic (exact) mass is 273 g/mol. The molecule has 0 atom stereocenters. The molecule has 0 spiro atoms. The minimum Gasteiger partial charge on any atom is -0.497 e. The summed E-state index contributed by atoms with van der Waals surface area (Å²) in [6.45, 7) is 1.54. The molecule has 0 saturated carbocycles. The van der Waals surface area contributed by atoms with Gasteiger partial charge in [0.2, 0.25) is 0 Å². The second kappa shape index (κ2) is 6.38. The van der Waals surface area contributed by atoms with E-state index >= 15 is 0 Å². The summed E-state index contributed by atoms with van der Waals surface area (Å²) in [6, 6.07) is 11.7. The predicted molar refractivity (Wildman–Crippen MR) is 76.8 cm³/mol. The SMILES string of the molecule is COc1ccc(CSc2cccnc2C(C)=O)cc1. The molecule has 1 aromatic heterocycles. The molecule has 0 fully saturated rings. The van der Waals surface area contributed by atoms with E-state index in [0.29, 0.717) is 5.69 Å². The van der Waals surface area contributed by atoms with E-state index < -0.39 is 0 Å². The molecule has 0 amide bonds. The Labute approximate surface area is 117 Å². The lowest BCUT2D eigenvalue weighted by molar-refractivity contribution is 0.101. The first-order valence-corrected chi connectivity index (χ1v) is 6.91. The Balaban J connectivity index is 2.07. The van der Waals surface area contributed by atoms with Crippen LogP contribution in [0, 0.1) is 0 Å². The van der Waals surface area contributed by atoms with Crippen molar-refractivity contribution in [2.75, 3.05) is 7.11 Å². The first-order chi connectivity index (χ1) is 9.20. The molecule has 0 aliphatic carbocycles. The van der Waals surface area contributed by atoms with Crippen molar-refractivity contribution in [1.29, 1.82) is 0 Å². The van der Waals surface area contributed by atoms with Crippen LogP contribution in [0.1, 0.15) is 23.0 Å². The van der Waals surface area contributed by atoms with E-state index in [2.05, 4.69) is 4.98 Å². The molecule has 2 rings (SSSR count). The first kappa shape index (κ1) is 13.6. The Morgan fingerprint density at radius 1 is 1.26 bits per heavy atom. The van der Waals surface area contributed by atoms with E-state index in [4.69, 9.17) is 4.74 Å². The summed E-state index contributed by atoms with van der Waals surface area (Å²) >= 11 is 1.62. The third-order valence-corrected chi connectivity index (χ3v) is 3.78. The number of hydrogen-bond acceptors (Lipinski definition) is 4. The molecule has 0 bridgehead atoms. The summed E-state index contributed by atoms with van der Waals surface area (Å²) in [5, 5.41) is 0. The lowest BCUT2D eigenvalue weighted by Gasteiger charge is -2.06. The van der Waals surface area contributed by atoms with Gasteiger partial charge >= 0.3 is 0 Å². The maximum absolute atomic E-state index is 11.5. The van der Waals surface area contributed by atoms with Crippen LogP contribution in [0.5, 0.6) is 5.75 Å². The van der Waals surface area contributed by atoms with Crippen LogP contribution in [0.3, 0.4) is 0 Å². The van der Waals surface area contributed by atoms with Crippen LogP contribution in [0.25, 0.3) is 0 Å². The number of Topliss-reactive ketones (excluding diaryl/α,β-unsaturated/α-hetero) is 1. The third-order valence-electron chi connectivity index (χ3n) is 2.66. The zero-order valence-corrected chi connectivity index (χ0v) is 11.7. The maximum atomic E-state index is 11.5. The molecule has 1 aromatic carbocycles. The lowest BCUT2D eigenvalue weighted by Crippen LogP contribution is -1.98. The molecule has 0 N–H and O–H groups in total. The van der Waals surface area contributed by atoms with Crippen LogP contribution in [-0.4, -0.2) is 17.9 Å². The van der Waals surface area contributed by atoms with Crippen molar-refractivity contribution in [2.24, 2.45) is 0 Å². The van der Waals surface area contributed by atoms with Gasteiger partial charge in [-0.1, -0.05) is 12.1 Å². The zero-order valence-electron chi connectivity index (χ0n) is 10.9. The standard InChI is InChI=1S/C15H15NO2S/c1-11(17)15-14(4-3-9-16-15)19-10-12-5-7-13(18-2)8-6-12/h3-9H,10H2,1-2H3. The molecule has 0 aliphatic heterocycles. The highest BCUT2D eigenvalue weighted by molar-refractivity contribution is 7.98. The number of ketones is 1. The minimum absolute atomic E-state index is 0.00201. The molecule has 0 unspecified atom stereocenters. The summed E-state index contributed by atoms with van der Waals surface area (Å²) in [5.74, 6) is 1.65. The molecule has 0 radical (unpaired) electrons. The van der Waals surface area contributed by atoms with Gasteiger partial charge in [-0.2, -0.15) is 0 Å². The quantitative estimate of drug-likeness (QED) is 0.616. The van der Waals surface area contributed by atoms with Crippen LogP contribution in [0.4, 0.5) is 0 Å². The molecule has 1 heterocycles. The van der Waals surface area contributed by atoms with Gasteiger partial charge in [0, 0.05) is 23.8 Å². The van der Waals surface area contributed by atoms with E-state index in [-0.39, 0.29) is 5.78 Å². The fourth-order valence-electron chi connectivity index (χ4n) is 1.65. The fraction of sp³-hybridized carbons (Fsp3) is 0.200. The highest BCUT2D eigenvalue weighted by Crippen LogP contribution is 2.26. The van der Waals surface area contributed by atoms with E-state index in [1.165, 1.54) is 5.56 Å². The number of ether oxygens (including phenoxy) is 1. The van der Waals surface area contributed by atoms with Crippen molar-refractivity contribution in [3.05, 3.63) is 53.9 Å². The average molecular weight is 273 g/mol. The summed E-state index contributed by atoms with van der Waals surface area (Å²) in [4.78, 5) is 16.5. The second-order valence-electron chi connectivity index (χ2n) is 4.04. The van der Waals surface area contributed by atoms with Gasteiger partial charge in [0.15, 0.2) is 5.78 Å². The molecule has 2 aromatic rings. The number of methoxy groups -OCH3 is 1. The molecule has 3 nitrogen and oxygen atoms in total. The molecule has 0 aliphatic rings. The normalized spacial score (nSPS) is 10.2. The lowest BCUT2D eigenvalue weighted by atomic mass is 10.2. The molecular weight excluding hydrogens is 258 g/mol. The number of aromatic nitrogens is 1. The summed E-state index contributed by atoms with van der Waals surface area (Å²) in [6.07, 6.45) is 1.65. The number of carbonyl (C=O) groups excluding carboxylic acids is 1. The van der Waals surface area contributed by atoms with Crippen LogP contribution in [-0.2, 0) is 5.75 Å². The van der Waals surface area contributed by atoms with Crippen molar-refractivity contribution in [3.63, 3.8) is 0 Å². The van der Waals surface area contributed by atoms with Gasteiger partial charge in [-0.15, -0.1) is 11.8 Å². The summed E-state index contributed by atoms with van der Waals surface area (Å²) in [5.41, 5.74) is 1.73. The van der Waals surface area contributed by atoms with Gasteiger partial charge in [-0.05, 0) is 29.8 Å². The fourth-order valence-corrected chi connectivity index (χ4v) is 2.68. The number of nitrogens with zero attached hydrogens (tertiary/aromatic N) is 1. The molecule has 19 heavy (non-hydrogen) atoms. The Morgan fingerprint density at radius 3 is 2.63 bits per heavy atom. The van der Waals surface area contributed by atoms with Crippen molar-refractivity contribution >= 4 is 17.5 Å². The van der Waals surface area contributed by atoms with Crippen molar-refractivity contribution < 1.29 is 9.53 Å². The highest BCUT2D eigenvalue weighted by Gasteiger charge is 2.08. The van der Waals surface area contributed by atoms with E-state index in [9.17, 15) is 4.79 Å². The Morgan fingerprint density at radius 2 is 2.00 bits per heavy atom. The average Bonchev–Trinajstić information content (AvgIpc) is 2.46. The van der Waals surface area contributed by atoms with Crippen molar-refractivity contribution in [1.82, 2.24) is 4.98 Å². The van der Waals surface area contributed by atoms with Crippen molar-refractivity contribution in [3.8, 4) is 5.75 Å². The molecule has 0 saturated heterocycles. The van der Waals surface area contributed by atoms with E-state index in [1.54, 1.807) is 32.0 Å². The van der Waals surface area contributed by atoms with Gasteiger partial charge in [0.25, 0.3) is 0 Å². The molecule has 98 valence electrons. The van der Waals surface area contributed by atoms with Gasteiger partial charge in [-0.3, -0.25) is 9.78 Å². The number of benzene rings is 1. The van der Waals surface area contributed by atoms with Gasteiger partial charge in [0.05, 0.1) is 7.11 Å². The highest BCUT2D eigenvalue weighted by atomic mass is 32.2. The number of rotatable bonds is 5. The third kappa shape index (κ3) is 3.58. The van der Waals surface area contributed by atoms with Gasteiger partial charge < -0.3 is 4.74 Å². The zero-order chi connectivity index (χ0) is 13.7. The van der Waals surface area contributed by atoms with Gasteiger partial charge in [0.1, 0.15) is 11.4 Å². The molecule has 4 heteroatoms.